The van der Waals surface area contributed by atoms with Gasteiger partial charge in [0.15, 0.2) is 11.6 Å². The fraction of sp³-hybridized carbons (Fsp3) is 0.462. The van der Waals surface area contributed by atoms with Gasteiger partial charge < -0.3 is 10.2 Å². The molecule has 2 saturated heterocycles. The van der Waals surface area contributed by atoms with E-state index in [1.165, 1.54) is 6.07 Å². The van der Waals surface area contributed by atoms with E-state index in [1.807, 2.05) is 0 Å². The summed E-state index contributed by atoms with van der Waals surface area (Å²) in [5.41, 5.74) is 0.224. The van der Waals surface area contributed by atoms with Gasteiger partial charge in [0, 0.05) is 31.7 Å². The van der Waals surface area contributed by atoms with Crippen LogP contribution in [0.1, 0.15) is 10.4 Å². The third kappa shape index (κ3) is 1.88. The molecule has 18 heavy (non-hydrogen) atoms. The Labute approximate surface area is 104 Å². The second kappa shape index (κ2) is 4.31. The number of halogens is 2. The molecule has 3 rings (SSSR count). The zero-order valence-corrected chi connectivity index (χ0v) is 9.83. The fourth-order valence-corrected chi connectivity index (χ4v) is 2.83. The minimum absolute atomic E-state index is 0.205. The molecule has 1 N–H and O–H groups in total. The topological polar surface area (TPSA) is 32.3 Å². The van der Waals surface area contributed by atoms with Crippen molar-refractivity contribution in [2.24, 2.45) is 11.8 Å². The lowest BCUT2D eigenvalue weighted by molar-refractivity contribution is 0.0781. The van der Waals surface area contributed by atoms with Crippen molar-refractivity contribution in [3.63, 3.8) is 0 Å². The molecule has 0 saturated carbocycles. The van der Waals surface area contributed by atoms with Crippen molar-refractivity contribution < 1.29 is 13.6 Å². The summed E-state index contributed by atoms with van der Waals surface area (Å²) in [4.78, 5) is 13.9. The highest BCUT2D eigenvalue weighted by molar-refractivity contribution is 5.94. The molecule has 96 valence electrons. The number of benzene rings is 1. The zero-order chi connectivity index (χ0) is 12.7. The van der Waals surface area contributed by atoms with Crippen molar-refractivity contribution in [2.45, 2.75) is 0 Å². The van der Waals surface area contributed by atoms with Gasteiger partial charge >= 0.3 is 0 Å². The summed E-state index contributed by atoms with van der Waals surface area (Å²) in [6, 6.07) is 3.32. The van der Waals surface area contributed by atoms with Gasteiger partial charge in [0.1, 0.15) is 0 Å². The number of hydrogen-bond acceptors (Lipinski definition) is 2. The lowest BCUT2D eigenvalue weighted by Gasteiger charge is -2.17. The van der Waals surface area contributed by atoms with E-state index in [4.69, 9.17) is 0 Å². The maximum absolute atomic E-state index is 13.1. The van der Waals surface area contributed by atoms with E-state index < -0.39 is 11.6 Å². The van der Waals surface area contributed by atoms with Gasteiger partial charge in [-0.2, -0.15) is 0 Å². The van der Waals surface area contributed by atoms with E-state index in [2.05, 4.69) is 5.32 Å². The molecule has 2 aliphatic heterocycles. The van der Waals surface area contributed by atoms with Crippen molar-refractivity contribution in [3.05, 3.63) is 35.4 Å². The number of hydrogen-bond donors (Lipinski definition) is 1. The number of nitrogens with zero attached hydrogens (tertiary/aromatic N) is 1. The van der Waals surface area contributed by atoms with Crippen molar-refractivity contribution in [1.82, 2.24) is 10.2 Å². The van der Waals surface area contributed by atoms with Crippen LogP contribution in [-0.4, -0.2) is 37.0 Å². The molecule has 1 aromatic rings. The summed E-state index contributed by atoms with van der Waals surface area (Å²) < 4.78 is 25.9. The quantitative estimate of drug-likeness (QED) is 0.816. The van der Waals surface area contributed by atoms with Crippen LogP contribution in [-0.2, 0) is 0 Å². The van der Waals surface area contributed by atoms with Crippen molar-refractivity contribution in [3.8, 4) is 0 Å². The van der Waals surface area contributed by atoms with Crippen LogP contribution in [0.3, 0.4) is 0 Å². The van der Waals surface area contributed by atoms with Crippen LogP contribution in [0.5, 0.6) is 0 Å². The van der Waals surface area contributed by atoms with Crippen molar-refractivity contribution in [2.75, 3.05) is 26.2 Å². The first-order chi connectivity index (χ1) is 8.65. The average molecular weight is 252 g/mol. The molecule has 2 heterocycles. The molecule has 0 unspecified atom stereocenters. The Hall–Kier alpha value is -1.49. The Morgan fingerprint density at radius 1 is 1.17 bits per heavy atom. The smallest absolute Gasteiger partial charge is 0.253 e. The van der Waals surface area contributed by atoms with E-state index in [0.29, 0.717) is 24.9 Å². The van der Waals surface area contributed by atoms with E-state index >= 15 is 0 Å². The second-order valence-corrected chi connectivity index (χ2v) is 5.02. The first-order valence-electron chi connectivity index (χ1n) is 6.10. The first-order valence-corrected chi connectivity index (χ1v) is 6.10. The van der Waals surface area contributed by atoms with Crippen LogP contribution in [0.2, 0.25) is 0 Å². The first kappa shape index (κ1) is 11.6. The SMILES string of the molecule is O=C(c1ccc(F)c(F)c1)N1C[C@H]2CNC[C@H]2C1. The summed E-state index contributed by atoms with van der Waals surface area (Å²) in [6.45, 7) is 3.28. The van der Waals surface area contributed by atoms with Gasteiger partial charge in [-0.15, -0.1) is 0 Å². The predicted molar refractivity (Wildman–Crippen MR) is 62.1 cm³/mol. The minimum atomic E-state index is -0.970. The van der Waals surface area contributed by atoms with Crippen LogP contribution >= 0.6 is 0 Å². The highest BCUT2D eigenvalue weighted by atomic mass is 19.2. The molecule has 1 aromatic carbocycles. The Bertz CT molecular complexity index is 480. The van der Waals surface area contributed by atoms with E-state index in [-0.39, 0.29) is 11.5 Å². The molecule has 2 atom stereocenters. The summed E-state index contributed by atoms with van der Waals surface area (Å²) in [5.74, 6) is -1.10. The number of fused-ring (bicyclic) bond motifs is 1. The van der Waals surface area contributed by atoms with Crippen LogP contribution in [0.4, 0.5) is 8.78 Å². The molecule has 3 nitrogen and oxygen atoms in total. The van der Waals surface area contributed by atoms with Crippen LogP contribution in [0.15, 0.2) is 18.2 Å². The Morgan fingerprint density at radius 3 is 2.44 bits per heavy atom. The lowest BCUT2D eigenvalue weighted by atomic mass is 10.0. The summed E-state index contributed by atoms with van der Waals surface area (Å²) in [5, 5.41) is 3.29. The van der Waals surface area contributed by atoms with E-state index in [0.717, 1.165) is 25.2 Å². The van der Waals surface area contributed by atoms with Crippen LogP contribution < -0.4 is 5.32 Å². The summed E-state index contributed by atoms with van der Waals surface area (Å²) >= 11 is 0. The maximum Gasteiger partial charge on any atom is 0.253 e. The maximum atomic E-state index is 13.1. The van der Waals surface area contributed by atoms with E-state index in [9.17, 15) is 13.6 Å². The van der Waals surface area contributed by atoms with E-state index in [1.54, 1.807) is 4.90 Å². The Morgan fingerprint density at radius 2 is 1.83 bits per heavy atom. The average Bonchev–Trinajstić information content (AvgIpc) is 2.92. The number of carbonyl (C=O) groups excluding carboxylic acids is 1. The Balaban J connectivity index is 1.77. The van der Waals surface area contributed by atoms with Gasteiger partial charge in [0.25, 0.3) is 5.91 Å². The van der Waals surface area contributed by atoms with Gasteiger partial charge in [0.05, 0.1) is 0 Å². The number of likely N-dealkylation sites (tertiary alicyclic amines) is 1. The fourth-order valence-electron chi connectivity index (χ4n) is 2.83. The number of nitrogens with one attached hydrogen (secondary N) is 1. The standard InChI is InChI=1S/C13H14F2N2O/c14-11-2-1-8(3-12(11)15)13(18)17-6-9-4-16-5-10(9)7-17/h1-3,9-10,16H,4-7H2/t9-,10+. The predicted octanol–water partition coefficient (Wildman–Crippen LogP) is 1.26. The molecule has 0 spiro atoms. The monoisotopic (exact) mass is 252 g/mol. The Kier molecular flexibility index (Phi) is 2.78. The molecule has 2 aliphatic rings. The molecular formula is C13H14F2N2O. The molecule has 0 radical (unpaired) electrons. The summed E-state index contributed by atoms with van der Waals surface area (Å²) in [7, 11) is 0. The normalized spacial score (nSPS) is 26.4. The number of rotatable bonds is 1. The lowest BCUT2D eigenvalue weighted by Crippen LogP contribution is -2.31. The van der Waals surface area contributed by atoms with Gasteiger partial charge in [-0.1, -0.05) is 0 Å². The van der Waals surface area contributed by atoms with Crippen molar-refractivity contribution >= 4 is 5.91 Å². The van der Waals surface area contributed by atoms with Gasteiger partial charge in [0.2, 0.25) is 0 Å². The second-order valence-electron chi connectivity index (χ2n) is 5.02. The molecule has 0 aromatic heterocycles. The molecule has 0 bridgehead atoms. The third-order valence-electron chi connectivity index (χ3n) is 3.84. The summed E-state index contributed by atoms with van der Waals surface area (Å²) in [6.07, 6.45) is 0. The van der Waals surface area contributed by atoms with Crippen LogP contribution in [0.25, 0.3) is 0 Å². The molecule has 1 amide bonds. The molecule has 0 aliphatic carbocycles. The third-order valence-corrected chi connectivity index (χ3v) is 3.84. The van der Waals surface area contributed by atoms with Crippen LogP contribution in [0, 0.1) is 23.5 Å². The zero-order valence-electron chi connectivity index (χ0n) is 9.83. The molecular weight excluding hydrogens is 238 g/mol. The minimum Gasteiger partial charge on any atom is -0.338 e. The van der Waals surface area contributed by atoms with Crippen molar-refractivity contribution in [1.29, 1.82) is 0 Å². The highest BCUT2D eigenvalue weighted by Crippen LogP contribution is 2.27. The molecule has 2 fully saturated rings. The number of amides is 1. The largest absolute Gasteiger partial charge is 0.338 e. The van der Waals surface area contributed by atoms with Gasteiger partial charge in [-0.25, -0.2) is 8.78 Å². The highest BCUT2D eigenvalue weighted by Gasteiger charge is 2.38. The number of carbonyl (C=O) groups is 1. The van der Waals surface area contributed by atoms with Gasteiger partial charge in [-0.3, -0.25) is 4.79 Å². The molecule has 5 heteroatoms. The van der Waals surface area contributed by atoms with Gasteiger partial charge in [-0.05, 0) is 30.0 Å².